The van der Waals surface area contributed by atoms with Crippen LogP contribution in [0.5, 0.6) is 11.8 Å². The Kier molecular flexibility index (Phi) is 8.93. The first-order valence-corrected chi connectivity index (χ1v) is 11.2. The van der Waals surface area contributed by atoms with Gasteiger partial charge in [0, 0.05) is 23.4 Å². The summed E-state index contributed by atoms with van der Waals surface area (Å²) in [5.74, 6) is -1.54. The largest absolute Gasteiger partial charge is 0.573 e. The van der Waals surface area contributed by atoms with Gasteiger partial charge >= 0.3 is 18.4 Å². The highest BCUT2D eigenvalue weighted by Gasteiger charge is 2.31. The van der Waals surface area contributed by atoms with E-state index in [1.807, 2.05) is 13.8 Å². The molecule has 198 valence electrons. The van der Waals surface area contributed by atoms with Gasteiger partial charge in [-0.05, 0) is 54.4 Å². The number of anilines is 1. The number of benzene rings is 2. The second-order valence-corrected chi connectivity index (χ2v) is 8.23. The highest BCUT2D eigenvalue weighted by atomic mass is 19.4. The molecule has 0 saturated heterocycles. The van der Waals surface area contributed by atoms with E-state index >= 15 is 0 Å². The zero-order chi connectivity index (χ0) is 27.0. The Morgan fingerprint density at radius 1 is 1.05 bits per heavy atom. The van der Waals surface area contributed by atoms with Gasteiger partial charge in [-0.3, -0.25) is 9.59 Å². The molecule has 0 spiro atoms. The number of halogens is 3. The predicted octanol–water partition coefficient (Wildman–Crippen LogP) is 4.36. The fraction of sp³-hybridized carbons (Fsp3) is 0.333. The smallest absolute Gasteiger partial charge is 0.481 e. The summed E-state index contributed by atoms with van der Waals surface area (Å²) in [7, 11) is 0. The minimum absolute atomic E-state index is 0.0378. The Hall–Kier alpha value is -4.29. The van der Waals surface area contributed by atoms with Crippen LogP contribution in [0.2, 0.25) is 0 Å². The molecule has 3 aromatic rings. The van der Waals surface area contributed by atoms with Crippen molar-refractivity contribution in [3.63, 3.8) is 0 Å². The second kappa shape index (κ2) is 12.1. The third-order valence-electron chi connectivity index (χ3n) is 5.06. The number of rotatable bonds is 12. The number of aromatic nitrogens is 2. The molecule has 0 bridgehead atoms. The first kappa shape index (κ1) is 27.3. The maximum Gasteiger partial charge on any atom is 0.573 e. The maximum absolute atomic E-state index is 12.3. The summed E-state index contributed by atoms with van der Waals surface area (Å²) in [5.41, 5.74) is 1.52. The van der Waals surface area contributed by atoms with Crippen molar-refractivity contribution in [3.05, 3.63) is 54.1 Å². The monoisotopic (exact) mass is 522 g/mol. The molecule has 0 aliphatic rings. The van der Waals surface area contributed by atoms with Crippen LogP contribution < -0.4 is 20.1 Å². The van der Waals surface area contributed by atoms with Crippen molar-refractivity contribution < 1.29 is 41.8 Å². The number of nitrogens with zero attached hydrogens (tertiary/aromatic N) is 2. The topological polar surface area (TPSA) is 136 Å². The molecule has 10 nitrogen and oxygen atoms in total. The molecule has 1 aromatic heterocycles. The summed E-state index contributed by atoms with van der Waals surface area (Å²) in [6.07, 6.45) is -5.05. The average molecular weight is 522 g/mol. The molecule has 0 saturated carbocycles. The summed E-state index contributed by atoms with van der Waals surface area (Å²) >= 11 is 0. The molecule has 1 amide bonds. The van der Waals surface area contributed by atoms with E-state index in [-0.39, 0.29) is 55.2 Å². The van der Waals surface area contributed by atoms with Crippen molar-refractivity contribution in [3.8, 4) is 23.3 Å². The summed E-state index contributed by atoms with van der Waals surface area (Å²) < 4.78 is 51.9. The van der Waals surface area contributed by atoms with E-state index in [9.17, 15) is 22.8 Å². The van der Waals surface area contributed by atoms with Crippen LogP contribution in [0.4, 0.5) is 18.9 Å². The number of ether oxygens (including phenoxy) is 2. The van der Waals surface area contributed by atoms with Crippen LogP contribution in [0, 0.1) is 5.92 Å². The van der Waals surface area contributed by atoms with Gasteiger partial charge in [-0.25, -0.2) is 0 Å². The van der Waals surface area contributed by atoms with Crippen LogP contribution in [-0.4, -0.2) is 52.7 Å². The molecule has 0 unspecified atom stereocenters. The number of carbonyl (C=O) groups excluding carboxylic acids is 1. The Bertz CT molecular complexity index is 1180. The Labute approximate surface area is 209 Å². The number of carboxylic acid groups (broad SMARTS) is 1. The van der Waals surface area contributed by atoms with Crippen molar-refractivity contribution in [2.45, 2.75) is 32.7 Å². The van der Waals surface area contributed by atoms with E-state index in [2.05, 4.69) is 25.6 Å². The van der Waals surface area contributed by atoms with Crippen LogP contribution in [0.15, 0.2) is 52.9 Å². The molecule has 0 fully saturated rings. The van der Waals surface area contributed by atoms with Crippen molar-refractivity contribution in [2.24, 2.45) is 5.92 Å². The summed E-state index contributed by atoms with van der Waals surface area (Å²) in [6.45, 7) is 4.16. The molecule has 2 aromatic carbocycles. The molecule has 0 aliphatic heterocycles. The van der Waals surface area contributed by atoms with Gasteiger partial charge in [0.1, 0.15) is 12.4 Å². The molecule has 37 heavy (non-hydrogen) atoms. The minimum atomic E-state index is -4.78. The quantitative estimate of drug-likeness (QED) is 0.317. The summed E-state index contributed by atoms with van der Waals surface area (Å²) in [6, 6.07) is 11.5. The standard InChI is InChI=1S/C24H25F3N4O6/c1-14(2)19(29-17-7-3-15(4-8-17)21(34)28-12-11-20(32)33)13-35-23-31-30-22(36-23)16-5-9-18(10-6-16)37-24(25,26)27/h3-10,14,19,29H,11-13H2,1-2H3,(H,28,34)(H,32,33)/t19-/m1/s1. The molecule has 0 aliphatic carbocycles. The lowest BCUT2D eigenvalue weighted by Gasteiger charge is -2.23. The van der Waals surface area contributed by atoms with E-state index in [0.717, 1.165) is 17.8 Å². The number of carbonyl (C=O) groups is 2. The molecule has 3 N–H and O–H groups in total. The second-order valence-electron chi connectivity index (χ2n) is 8.23. The summed E-state index contributed by atoms with van der Waals surface area (Å²) in [4.78, 5) is 22.6. The number of carboxylic acids is 1. The predicted molar refractivity (Wildman–Crippen MR) is 125 cm³/mol. The Morgan fingerprint density at radius 3 is 2.32 bits per heavy atom. The van der Waals surface area contributed by atoms with E-state index in [1.165, 1.54) is 12.1 Å². The first-order valence-electron chi connectivity index (χ1n) is 11.2. The number of alkyl halides is 3. The van der Waals surface area contributed by atoms with Crippen molar-refractivity contribution >= 4 is 17.6 Å². The van der Waals surface area contributed by atoms with Crippen molar-refractivity contribution in [2.75, 3.05) is 18.5 Å². The number of hydrogen-bond donors (Lipinski definition) is 3. The first-order chi connectivity index (χ1) is 17.5. The third kappa shape index (κ3) is 8.70. The van der Waals surface area contributed by atoms with Gasteiger partial charge in [0.15, 0.2) is 0 Å². The third-order valence-corrected chi connectivity index (χ3v) is 5.06. The van der Waals surface area contributed by atoms with Crippen LogP contribution in [0.25, 0.3) is 11.5 Å². The lowest BCUT2D eigenvalue weighted by atomic mass is 10.0. The van der Waals surface area contributed by atoms with Gasteiger partial charge in [-0.1, -0.05) is 18.9 Å². The van der Waals surface area contributed by atoms with Gasteiger partial charge in [-0.15, -0.1) is 18.3 Å². The SMILES string of the molecule is CC(C)[C@@H](COc1nnc(-c2ccc(OC(F)(F)F)cc2)o1)Nc1ccc(C(=O)NCCC(=O)O)cc1. The number of nitrogens with one attached hydrogen (secondary N) is 2. The fourth-order valence-corrected chi connectivity index (χ4v) is 3.06. The van der Waals surface area contributed by atoms with Crippen molar-refractivity contribution in [1.29, 1.82) is 0 Å². The van der Waals surface area contributed by atoms with Crippen molar-refractivity contribution in [1.82, 2.24) is 15.5 Å². The Morgan fingerprint density at radius 2 is 1.73 bits per heavy atom. The summed E-state index contributed by atoms with van der Waals surface area (Å²) in [5, 5.41) is 22.2. The van der Waals surface area contributed by atoms with E-state index in [4.69, 9.17) is 14.3 Å². The van der Waals surface area contributed by atoms with Gasteiger partial charge in [-0.2, -0.15) is 0 Å². The van der Waals surface area contributed by atoms with Crippen LogP contribution in [0.3, 0.4) is 0 Å². The molecule has 3 rings (SSSR count). The highest BCUT2D eigenvalue weighted by Crippen LogP contribution is 2.27. The fourth-order valence-electron chi connectivity index (χ4n) is 3.06. The van der Waals surface area contributed by atoms with Gasteiger partial charge < -0.3 is 29.6 Å². The van der Waals surface area contributed by atoms with Crippen LogP contribution in [-0.2, 0) is 4.79 Å². The van der Waals surface area contributed by atoms with Gasteiger partial charge in [0.2, 0.25) is 0 Å². The molecular formula is C24H25F3N4O6. The van der Waals surface area contributed by atoms with E-state index in [1.54, 1.807) is 24.3 Å². The van der Waals surface area contributed by atoms with Gasteiger partial charge in [0.05, 0.1) is 12.5 Å². The minimum Gasteiger partial charge on any atom is -0.481 e. The average Bonchev–Trinajstić information content (AvgIpc) is 3.30. The lowest BCUT2D eigenvalue weighted by Crippen LogP contribution is -2.32. The van der Waals surface area contributed by atoms with E-state index < -0.39 is 12.3 Å². The van der Waals surface area contributed by atoms with Crippen LogP contribution in [0.1, 0.15) is 30.6 Å². The zero-order valence-corrected chi connectivity index (χ0v) is 19.9. The number of hydrogen-bond acceptors (Lipinski definition) is 8. The molecule has 13 heteroatoms. The zero-order valence-electron chi connectivity index (χ0n) is 19.9. The molecule has 1 heterocycles. The normalized spacial score (nSPS) is 12.2. The molecule has 1 atom stereocenters. The number of aliphatic carboxylic acids is 1. The Balaban J connectivity index is 1.55. The van der Waals surface area contributed by atoms with Gasteiger partial charge in [0.25, 0.3) is 11.8 Å². The number of amides is 1. The van der Waals surface area contributed by atoms with E-state index in [0.29, 0.717) is 11.1 Å². The highest BCUT2D eigenvalue weighted by molar-refractivity contribution is 5.94. The lowest BCUT2D eigenvalue weighted by molar-refractivity contribution is -0.274. The molecule has 0 radical (unpaired) electrons. The molecular weight excluding hydrogens is 497 g/mol. The van der Waals surface area contributed by atoms with Crippen LogP contribution >= 0.6 is 0 Å². The maximum atomic E-state index is 12.3.